The number of nitrogens with one attached hydrogen (secondary N) is 1. The molecule has 2 saturated heterocycles. The fourth-order valence-electron chi connectivity index (χ4n) is 2.77. The molecule has 0 atom stereocenters. The van der Waals surface area contributed by atoms with Crippen LogP contribution in [-0.4, -0.2) is 62.1 Å². The SMILES string of the molecule is C1COCCO1.COc1cc(B2OC(C)(C)C(C)(C)O2)c2[nH]ncc2c1. The molecule has 2 aliphatic rings. The van der Waals surface area contributed by atoms with Gasteiger partial charge in [-0.25, -0.2) is 0 Å². The summed E-state index contributed by atoms with van der Waals surface area (Å²) >= 11 is 0. The van der Waals surface area contributed by atoms with Crippen molar-refractivity contribution in [3.63, 3.8) is 0 Å². The van der Waals surface area contributed by atoms with Crippen LogP contribution in [0.2, 0.25) is 0 Å². The lowest BCUT2D eigenvalue weighted by Crippen LogP contribution is -2.41. The first-order valence-corrected chi connectivity index (χ1v) is 8.86. The van der Waals surface area contributed by atoms with Crippen LogP contribution in [-0.2, 0) is 18.8 Å². The molecule has 142 valence electrons. The number of hydrogen-bond acceptors (Lipinski definition) is 6. The zero-order chi connectivity index (χ0) is 18.8. The maximum absolute atomic E-state index is 6.10. The first-order chi connectivity index (χ1) is 12.3. The minimum atomic E-state index is -0.432. The first kappa shape index (κ1) is 19.2. The van der Waals surface area contributed by atoms with E-state index < -0.39 is 7.12 Å². The van der Waals surface area contributed by atoms with Gasteiger partial charge in [-0.05, 0) is 39.8 Å². The summed E-state index contributed by atoms with van der Waals surface area (Å²) < 4.78 is 27.4. The monoisotopic (exact) mass is 362 g/mol. The van der Waals surface area contributed by atoms with E-state index in [0.717, 1.165) is 48.5 Å². The Bertz CT molecular complexity index is 715. The molecule has 1 N–H and O–H groups in total. The summed E-state index contributed by atoms with van der Waals surface area (Å²) in [6, 6.07) is 3.87. The largest absolute Gasteiger partial charge is 0.497 e. The van der Waals surface area contributed by atoms with Crippen molar-refractivity contribution in [3.05, 3.63) is 18.3 Å². The number of fused-ring (bicyclic) bond motifs is 1. The number of H-pyrrole nitrogens is 1. The van der Waals surface area contributed by atoms with Crippen molar-refractivity contribution >= 4 is 23.5 Å². The van der Waals surface area contributed by atoms with Crippen LogP contribution < -0.4 is 10.2 Å². The van der Waals surface area contributed by atoms with Gasteiger partial charge in [-0.3, -0.25) is 5.10 Å². The number of hydrogen-bond donors (Lipinski definition) is 1. The maximum atomic E-state index is 6.10. The molecule has 0 radical (unpaired) electrons. The average molecular weight is 362 g/mol. The van der Waals surface area contributed by atoms with Crippen molar-refractivity contribution in [1.29, 1.82) is 0 Å². The molecule has 2 fully saturated rings. The van der Waals surface area contributed by atoms with E-state index in [9.17, 15) is 0 Å². The second-order valence-electron chi connectivity index (χ2n) is 7.36. The minimum absolute atomic E-state index is 0.368. The van der Waals surface area contributed by atoms with Crippen LogP contribution in [0.4, 0.5) is 0 Å². The van der Waals surface area contributed by atoms with Crippen molar-refractivity contribution in [2.75, 3.05) is 33.5 Å². The van der Waals surface area contributed by atoms with Crippen LogP contribution in [0.1, 0.15) is 27.7 Å². The fraction of sp³-hybridized carbons (Fsp3) is 0.611. The van der Waals surface area contributed by atoms with E-state index >= 15 is 0 Å². The van der Waals surface area contributed by atoms with Gasteiger partial charge < -0.3 is 23.5 Å². The molecule has 0 bridgehead atoms. The molecule has 26 heavy (non-hydrogen) atoms. The average Bonchev–Trinajstić information content (AvgIpc) is 3.17. The van der Waals surface area contributed by atoms with Gasteiger partial charge in [-0.1, -0.05) is 0 Å². The molecule has 0 amide bonds. The van der Waals surface area contributed by atoms with Gasteiger partial charge in [0.05, 0.1) is 56.5 Å². The van der Waals surface area contributed by atoms with Gasteiger partial charge in [0.2, 0.25) is 0 Å². The Morgan fingerprint density at radius 2 is 1.58 bits per heavy atom. The van der Waals surface area contributed by atoms with E-state index in [4.69, 9.17) is 23.5 Å². The molecular weight excluding hydrogens is 335 g/mol. The molecular formula is C18H27BN2O5. The molecule has 7 nitrogen and oxygen atoms in total. The predicted octanol–water partition coefficient (Wildman–Crippen LogP) is 1.90. The number of rotatable bonds is 2. The smallest absolute Gasteiger partial charge is 0.497 e. The second kappa shape index (κ2) is 7.56. The van der Waals surface area contributed by atoms with Gasteiger partial charge in [0.25, 0.3) is 0 Å². The topological polar surface area (TPSA) is 74.8 Å². The van der Waals surface area contributed by atoms with Crippen molar-refractivity contribution in [1.82, 2.24) is 10.2 Å². The van der Waals surface area contributed by atoms with Crippen LogP contribution in [0.15, 0.2) is 18.3 Å². The summed E-state index contributed by atoms with van der Waals surface area (Å²) in [5.74, 6) is 0.767. The van der Waals surface area contributed by atoms with Gasteiger partial charge in [-0.2, -0.15) is 5.10 Å². The quantitative estimate of drug-likeness (QED) is 0.823. The molecule has 2 aliphatic heterocycles. The molecule has 0 unspecified atom stereocenters. The molecule has 1 aromatic heterocycles. The Balaban J connectivity index is 0.000000278. The normalized spacial score (nSPS) is 21.3. The molecule has 3 heterocycles. The highest BCUT2D eigenvalue weighted by Gasteiger charge is 2.52. The Hall–Kier alpha value is -1.61. The van der Waals surface area contributed by atoms with Gasteiger partial charge >= 0.3 is 7.12 Å². The third kappa shape index (κ3) is 3.88. The lowest BCUT2D eigenvalue weighted by molar-refractivity contribution is -0.0334. The molecule has 4 rings (SSSR count). The summed E-state index contributed by atoms with van der Waals surface area (Å²) in [6.45, 7) is 11.3. The summed E-state index contributed by atoms with van der Waals surface area (Å²) in [5, 5.41) is 8.08. The highest BCUT2D eigenvalue weighted by molar-refractivity contribution is 6.65. The van der Waals surface area contributed by atoms with E-state index in [1.165, 1.54) is 0 Å². The number of aromatic amines is 1. The van der Waals surface area contributed by atoms with Crippen LogP contribution in [0.5, 0.6) is 5.75 Å². The predicted molar refractivity (Wildman–Crippen MR) is 100.0 cm³/mol. The highest BCUT2D eigenvalue weighted by Crippen LogP contribution is 2.37. The number of aromatic nitrogens is 2. The number of ether oxygens (including phenoxy) is 3. The van der Waals surface area contributed by atoms with Crippen molar-refractivity contribution in [2.24, 2.45) is 0 Å². The number of methoxy groups -OCH3 is 1. The van der Waals surface area contributed by atoms with E-state index in [1.807, 2.05) is 39.8 Å². The van der Waals surface area contributed by atoms with Crippen molar-refractivity contribution in [2.45, 2.75) is 38.9 Å². The molecule has 0 spiro atoms. The standard InChI is InChI=1S/C14H19BN2O3.C4H8O2/c1-13(2)14(3,4)20-15(19-13)11-7-10(18-5)6-9-8-16-17-12(9)11;1-2-6-4-3-5-1/h6-8H,1-5H3,(H,16,17);1-4H2. The summed E-state index contributed by atoms with van der Waals surface area (Å²) in [4.78, 5) is 0. The van der Waals surface area contributed by atoms with Crippen LogP contribution in [0, 0.1) is 0 Å². The summed E-state index contributed by atoms with van der Waals surface area (Å²) in [6.07, 6.45) is 1.77. The fourth-order valence-corrected chi connectivity index (χ4v) is 2.77. The second-order valence-corrected chi connectivity index (χ2v) is 7.36. The lowest BCUT2D eigenvalue weighted by atomic mass is 9.77. The van der Waals surface area contributed by atoms with E-state index in [-0.39, 0.29) is 11.2 Å². The lowest BCUT2D eigenvalue weighted by Gasteiger charge is -2.32. The van der Waals surface area contributed by atoms with Crippen LogP contribution in [0.25, 0.3) is 10.9 Å². The van der Waals surface area contributed by atoms with Gasteiger partial charge in [0.1, 0.15) is 5.75 Å². The molecule has 1 aromatic carbocycles. The first-order valence-electron chi connectivity index (χ1n) is 8.86. The molecule has 2 aromatic rings. The number of nitrogens with zero attached hydrogens (tertiary/aromatic N) is 1. The Morgan fingerprint density at radius 3 is 2.08 bits per heavy atom. The minimum Gasteiger partial charge on any atom is -0.497 e. The van der Waals surface area contributed by atoms with Crippen LogP contribution in [0.3, 0.4) is 0 Å². The van der Waals surface area contributed by atoms with Gasteiger partial charge in [0.15, 0.2) is 0 Å². The summed E-state index contributed by atoms with van der Waals surface area (Å²) in [7, 11) is 1.22. The zero-order valence-electron chi connectivity index (χ0n) is 16.1. The maximum Gasteiger partial charge on any atom is 0.497 e. The third-order valence-electron chi connectivity index (χ3n) is 5.04. The van der Waals surface area contributed by atoms with E-state index in [1.54, 1.807) is 13.3 Å². The Morgan fingerprint density at radius 1 is 1.00 bits per heavy atom. The zero-order valence-corrected chi connectivity index (χ0v) is 16.1. The number of benzene rings is 1. The Kier molecular flexibility index (Phi) is 5.57. The highest BCUT2D eigenvalue weighted by atomic mass is 16.7. The van der Waals surface area contributed by atoms with Crippen molar-refractivity contribution < 1.29 is 23.5 Å². The van der Waals surface area contributed by atoms with Gasteiger partial charge in [0, 0.05) is 10.8 Å². The van der Waals surface area contributed by atoms with E-state index in [2.05, 4.69) is 10.2 Å². The Labute approximate surface area is 154 Å². The molecule has 0 saturated carbocycles. The van der Waals surface area contributed by atoms with Crippen molar-refractivity contribution in [3.8, 4) is 5.75 Å². The third-order valence-corrected chi connectivity index (χ3v) is 5.04. The van der Waals surface area contributed by atoms with Gasteiger partial charge in [-0.15, -0.1) is 0 Å². The summed E-state index contributed by atoms with van der Waals surface area (Å²) in [5.41, 5.74) is 1.10. The van der Waals surface area contributed by atoms with E-state index in [0.29, 0.717) is 0 Å². The molecule has 8 heteroatoms. The molecule has 0 aliphatic carbocycles. The van der Waals surface area contributed by atoms with Crippen LogP contribution >= 0.6 is 0 Å².